The van der Waals surface area contributed by atoms with E-state index in [1.807, 2.05) is 31.2 Å². The molecule has 0 amide bonds. The predicted molar refractivity (Wildman–Crippen MR) is 86.4 cm³/mol. The van der Waals surface area contributed by atoms with Gasteiger partial charge >= 0.3 is 0 Å². The third kappa shape index (κ3) is 3.98. The third-order valence-corrected chi connectivity index (χ3v) is 5.35. The van der Waals surface area contributed by atoms with Crippen molar-refractivity contribution in [1.82, 2.24) is 4.72 Å². The van der Waals surface area contributed by atoms with Gasteiger partial charge in [0.25, 0.3) is 0 Å². The van der Waals surface area contributed by atoms with Gasteiger partial charge in [0.2, 0.25) is 10.0 Å². The molecule has 0 radical (unpaired) electrons. The van der Waals surface area contributed by atoms with Crippen LogP contribution in [0.1, 0.15) is 24.1 Å². The molecular weight excluding hydrogens is 329 g/mol. The summed E-state index contributed by atoms with van der Waals surface area (Å²) >= 11 is 11.8. The molecule has 0 aliphatic rings. The molecule has 1 atom stereocenters. The van der Waals surface area contributed by atoms with Gasteiger partial charge in [0, 0.05) is 11.1 Å². The fourth-order valence-electron chi connectivity index (χ4n) is 1.90. The van der Waals surface area contributed by atoms with Crippen molar-refractivity contribution in [3.63, 3.8) is 0 Å². The lowest BCUT2D eigenvalue weighted by Gasteiger charge is -2.15. The van der Waals surface area contributed by atoms with E-state index in [-0.39, 0.29) is 16.0 Å². The quantitative estimate of drug-likeness (QED) is 0.897. The number of halogens is 2. The molecule has 2 aromatic carbocycles. The van der Waals surface area contributed by atoms with Gasteiger partial charge in [-0.1, -0.05) is 53.0 Å². The highest BCUT2D eigenvalue weighted by Gasteiger charge is 2.21. The lowest BCUT2D eigenvalue weighted by molar-refractivity contribution is 0.567. The average molecular weight is 344 g/mol. The minimum absolute atomic E-state index is 0.0179. The molecule has 6 heteroatoms. The maximum Gasteiger partial charge on any atom is 0.242 e. The summed E-state index contributed by atoms with van der Waals surface area (Å²) in [5, 5.41) is 0.464. The second-order valence-corrected chi connectivity index (χ2v) is 7.35. The first-order valence-corrected chi connectivity index (χ1v) is 8.57. The molecule has 2 rings (SSSR count). The van der Waals surface area contributed by atoms with Crippen molar-refractivity contribution >= 4 is 33.2 Å². The summed E-state index contributed by atoms with van der Waals surface area (Å²) in [5.74, 6) is 0. The van der Waals surface area contributed by atoms with Crippen LogP contribution >= 0.6 is 23.2 Å². The number of rotatable bonds is 4. The van der Waals surface area contributed by atoms with Gasteiger partial charge in [0.15, 0.2) is 0 Å². The second-order valence-electron chi connectivity index (χ2n) is 4.83. The van der Waals surface area contributed by atoms with E-state index in [1.165, 1.54) is 12.1 Å². The molecule has 0 heterocycles. The Morgan fingerprint density at radius 3 is 2.29 bits per heavy atom. The monoisotopic (exact) mass is 343 g/mol. The smallest absolute Gasteiger partial charge is 0.207 e. The number of hydrogen-bond donors (Lipinski definition) is 1. The van der Waals surface area contributed by atoms with E-state index in [0.717, 1.165) is 11.1 Å². The van der Waals surface area contributed by atoms with Crippen molar-refractivity contribution in [2.24, 2.45) is 0 Å². The lowest BCUT2D eigenvalue weighted by Crippen LogP contribution is -2.27. The first-order valence-electron chi connectivity index (χ1n) is 6.33. The van der Waals surface area contributed by atoms with E-state index in [2.05, 4.69) is 4.72 Å². The first-order chi connectivity index (χ1) is 9.79. The van der Waals surface area contributed by atoms with Crippen LogP contribution in [0.3, 0.4) is 0 Å². The molecule has 0 aliphatic carbocycles. The molecule has 21 heavy (non-hydrogen) atoms. The van der Waals surface area contributed by atoms with Crippen LogP contribution in [0.25, 0.3) is 0 Å². The Morgan fingerprint density at radius 2 is 1.67 bits per heavy atom. The first kappa shape index (κ1) is 16.3. The molecule has 0 bridgehead atoms. The summed E-state index contributed by atoms with van der Waals surface area (Å²) in [4.78, 5) is -0.0179. The summed E-state index contributed by atoms with van der Waals surface area (Å²) in [6.07, 6.45) is 0. The Hall–Kier alpha value is -1.07. The highest BCUT2D eigenvalue weighted by atomic mass is 35.5. The van der Waals surface area contributed by atoms with Crippen molar-refractivity contribution in [2.75, 3.05) is 0 Å². The normalized spacial score (nSPS) is 13.1. The maximum absolute atomic E-state index is 12.4. The lowest BCUT2D eigenvalue weighted by atomic mass is 10.1. The van der Waals surface area contributed by atoms with Crippen LogP contribution in [-0.4, -0.2) is 8.42 Å². The third-order valence-electron chi connectivity index (χ3n) is 3.09. The van der Waals surface area contributed by atoms with Gasteiger partial charge in [0.1, 0.15) is 4.90 Å². The second kappa shape index (κ2) is 6.36. The number of nitrogens with one attached hydrogen (secondary N) is 1. The number of benzene rings is 2. The Morgan fingerprint density at radius 1 is 1.05 bits per heavy atom. The summed E-state index contributed by atoms with van der Waals surface area (Å²) in [6.45, 7) is 3.75. The van der Waals surface area contributed by atoms with Gasteiger partial charge in [-0.2, -0.15) is 0 Å². The minimum atomic E-state index is -3.74. The average Bonchev–Trinajstić information content (AvgIpc) is 2.41. The zero-order valence-corrected chi connectivity index (χ0v) is 13.9. The van der Waals surface area contributed by atoms with E-state index in [1.54, 1.807) is 13.0 Å². The van der Waals surface area contributed by atoms with Crippen LogP contribution in [-0.2, 0) is 10.0 Å². The fourth-order valence-corrected chi connectivity index (χ4v) is 3.90. The number of aryl methyl sites for hydroxylation is 1. The van der Waals surface area contributed by atoms with E-state index in [9.17, 15) is 8.42 Å². The topological polar surface area (TPSA) is 46.2 Å². The van der Waals surface area contributed by atoms with Crippen LogP contribution in [0, 0.1) is 6.92 Å². The van der Waals surface area contributed by atoms with Crippen LogP contribution in [0.2, 0.25) is 10.0 Å². The van der Waals surface area contributed by atoms with Crippen molar-refractivity contribution in [2.45, 2.75) is 24.8 Å². The standard InChI is InChI=1S/C15H15Cl2NO2S/c1-10-3-5-12(6-4-10)11(2)18-21(19,20)15-9-13(16)7-8-14(15)17/h3-9,11,18H,1-2H3/t11-/m0/s1. The van der Waals surface area contributed by atoms with Crippen LogP contribution in [0.5, 0.6) is 0 Å². The maximum atomic E-state index is 12.4. The van der Waals surface area contributed by atoms with Gasteiger partial charge in [-0.15, -0.1) is 0 Å². The van der Waals surface area contributed by atoms with Gasteiger partial charge in [-0.25, -0.2) is 13.1 Å². The molecule has 3 nitrogen and oxygen atoms in total. The van der Waals surface area contributed by atoms with E-state index >= 15 is 0 Å². The molecule has 1 N–H and O–H groups in total. The molecule has 0 saturated carbocycles. The Balaban J connectivity index is 2.28. The molecular formula is C15H15Cl2NO2S. The van der Waals surface area contributed by atoms with E-state index < -0.39 is 10.0 Å². The predicted octanol–water partition coefficient (Wildman–Crippen LogP) is 4.34. The molecule has 0 unspecified atom stereocenters. The highest BCUT2D eigenvalue weighted by molar-refractivity contribution is 7.89. The van der Waals surface area contributed by atoms with E-state index in [0.29, 0.717) is 5.02 Å². The van der Waals surface area contributed by atoms with Crippen LogP contribution in [0.15, 0.2) is 47.4 Å². The minimum Gasteiger partial charge on any atom is -0.207 e. The molecule has 0 saturated heterocycles. The zero-order valence-electron chi connectivity index (χ0n) is 11.6. The molecule has 112 valence electrons. The molecule has 0 aliphatic heterocycles. The van der Waals surface area contributed by atoms with Gasteiger partial charge in [-0.3, -0.25) is 0 Å². The van der Waals surface area contributed by atoms with E-state index in [4.69, 9.17) is 23.2 Å². The Bertz CT molecular complexity index is 743. The van der Waals surface area contributed by atoms with Crippen LogP contribution < -0.4 is 4.72 Å². The van der Waals surface area contributed by atoms with Gasteiger partial charge in [-0.05, 0) is 37.6 Å². The zero-order chi connectivity index (χ0) is 15.6. The summed E-state index contributed by atoms with van der Waals surface area (Å²) < 4.78 is 27.4. The van der Waals surface area contributed by atoms with Crippen molar-refractivity contribution in [3.8, 4) is 0 Å². The molecule has 0 spiro atoms. The van der Waals surface area contributed by atoms with Crippen molar-refractivity contribution in [1.29, 1.82) is 0 Å². The summed E-state index contributed by atoms with van der Waals surface area (Å²) in [5.41, 5.74) is 1.99. The molecule has 0 aromatic heterocycles. The van der Waals surface area contributed by atoms with Gasteiger partial charge in [0.05, 0.1) is 5.02 Å². The van der Waals surface area contributed by atoms with Crippen molar-refractivity contribution < 1.29 is 8.42 Å². The Kier molecular flexibility index (Phi) is 4.94. The Labute approximate surface area is 135 Å². The van der Waals surface area contributed by atoms with Gasteiger partial charge < -0.3 is 0 Å². The number of hydrogen-bond acceptors (Lipinski definition) is 2. The number of sulfonamides is 1. The molecule has 2 aromatic rings. The van der Waals surface area contributed by atoms with Crippen molar-refractivity contribution in [3.05, 3.63) is 63.6 Å². The fraction of sp³-hybridized carbons (Fsp3) is 0.200. The molecule has 0 fully saturated rings. The summed E-state index contributed by atoms with van der Waals surface area (Å²) in [6, 6.07) is 11.6. The summed E-state index contributed by atoms with van der Waals surface area (Å²) in [7, 11) is -3.74. The van der Waals surface area contributed by atoms with Crippen LogP contribution in [0.4, 0.5) is 0 Å². The highest BCUT2D eigenvalue weighted by Crippen LogP contribution is 2.26. The SMILES string of the molecule is Cc1ccc([C@H](C)NS(=O)(=O)c2cc(Cl)ccc2Cl)cc1. The largest absolute Gasteiger partial charge is 0.242 e.